The number of halogens is 1. The first kappa shape index (κ1) is 16.8. The number of hydrogen-bond acceptors (Lipinski definition) is 2. The van der Waals surface area contributed by atoms with E-state index >= 15 is 0 Å². The molecule has 0 radical (unpaired) electrons. The van der Waals surface area contributed by atoms with E-state index < -0.39 is 0 Å². The fourth-order valence-electron chi connectivity index (χ4n) is 2.59. The maximum atomic E-state index is 12.2. The van der Waals surface area contributed by atoms with E-state index in [1.165, 1.54) is 0 Å². The quantitative estimate of drug-likeness (QED) is 0.892. The molecule has 1 saturated heterocycles. The zero-order valence-corrected chi connectivity index (χ0v) is 14.6. The maximum Gasteiger partial charge on any atom is 0.319 e. The molecule has 0 aromatic heterocycles. The number of carbonyl (C=O) groups is 2. The Labute approximate surface area is 139 Å². The Hall–Kier alpha value is -1.56. The van der Waals surface area contributed by atoms with Gasteiger partial charge in [-0.15, -0.1) is 0 Å². The average molecular weight is 368 g/mol. The summed E-state index contributed by atoms with van der Waals surface area (Å²) in [5.41, 5.74) is 0.655. The fraction of sp³-hybridized carbons (Fsp3) is 0.500. The van der Waals surface area contributed by atoms with E-state index in [9.17, 15) is 9.59 Å². The second-order valence-corrected chi connectivity index (χ2v) is 6.65. The largest absolute Gasteiger partial charge is 0.352 e. The van der Waals surface area contributed by atoms with Crippen LogP contribution < -0.4 is 5.32 Å². The minimum Gasteiger partial charge on any atom is -0.352 e. The highest BCUT2D eigenvalue weighted by molar-refractivity contribution is 9.10. The van der Waals surface area contributed by atoms with E-state index in [2.05, 4.69) is 21.2 Å². The van der Waals surface area contributed by atoms with Gasteiger partial charge in [-0.2, -0.15) is 0 Å². The second kappa shape index (κ2) is 7.63. The Kier molecular flexibility index (Phi) is 5.83. The van der Waals surface area contributed by atoms with Gasteiger partial charge in [0.25, 0.3) is 5.91 Å². The topological polar surface area (TPSA) is 52.7 Å². The second-order valence-electron chi connectivity index (χ2n) is 5.80. The molecular formula is C16H22BrN3O2. The third kappa shape index (κ3) is 4.22. The monoisotopic (exact) mass is 367 g/mol. The summed E-state index contributed by atoms with van der Waals surface area (Å²) in [6.45, 7) is 2.17. The lowest BCUT2D eigenvalue weighted by Crippen LogP contribution is -2.45. The van der Waals surface area contributed by atoms with Crippen LogP contribution in [0.3, 0.4) is 0 Å². The van der Waals surface area contributed by atoms with Crippen molar-refractivity contribution in [3.8, 4) is 0 Å². The fourth-order valence-corrected chi connectivity index (χ4v) is 3.05. The van der Waals surface area contributed by atoms with E-state index in [-0.39, 0.29) is 11.9 Å². The predicted octanol–water partition coefficient (Wildman–Crippen LogP) is 2.57. The molecule has 0 unspecified atom stereocenters. The van der Waals surface area contributed by atoms with Gasteiger partial charge in [0.05, 0.1) is 5.56 Å². The lowest BCUT2D eigenvalue weighted by Gasteiger charge is -2.33. The predicted molar refractivity (Wildman–Crippen MR) is 89.9 cm³/mol. The summed E-state index contributed by atoms with van der Waals surface area (Å²) in [5, 5.41) is 2.99. The minimum atomic E-state index is -0.0562. The highest BCUT2D eigenvalue weighted by Gasteiger charge is 2.24. The third-order valence-corrected chi connectivity index (χ3v) is 4.63. The first-order chi connectivity index (χ1) is 10.5. The molecule has 2 rings (SSSR count). The van der Waals surface area contributed by atoms with Crippen LogP contribution in [0.2, 0.25) is 0 Å². The van der Waals surface area contributed by atoms with Gasteiger partial charge in [0.2, 0.25) is 0 Å². The van der Waals surface area contributed by atoms with Gasteiger partial charge in [0.1, 0.15) is 0 Å². The van der Waals surface area contributed by atoms with Crippen molar-refractivity contribution in [2.75, 3.05) is 33.7 Å². The molecule has 6 heteroatoms. The van der Waals surface area contributed by atoms with Gasteiger partial charge in [-0.25, -0.2) is 4.79 Å². The molecule has 0 saturated carbocycles. The van der Waals surface area contributed by atoms with Crippen molar-refractivity contribution in [3.05, 3.63) is 34.3 Å². The first-order valence-electron chi connectivity index (χ1n) is 7.48. The van der Waals surface area contributed by atoms with Crippen LogP contribution in [-0.2, 0) is 0 Å². The zero-order valence-electron chi connectivity index (χ0n) is 13.0. The van der Waals surface area contributed by atoms with Crippen molar-refractivity contribution in [2.24, 2.45) is 5.92 Å². The lowest BCUT2D eigenvalue weighted by atomic mass is 9.97. The molecule has 1 aliphatic heterocycles. The molecule has 3 amide bonds. The number of likely N-dealkylation sites (tertiary alicyclic amines) is 1. The zero-order chi connectivity index (χ0) is 16.1. The number of rotatable bonds is 3. The molecule has 0 aliphatic carbocycles. The summed E-state index contributed by atoms with van der Waals surface area (Å²) in [6, 6.07) is 7.47. The molecule has 5 nitrogen and oxygen atoms in total. The molecule has 1 aromatic carbocycles. The van der Waals surface area contributed by atoms with Crippen LogP contribution in [0, 0.1) is 5.92 Å². The number of hydrogen-bond donors (Lipinski definition) is 1. The van der Waals surface area contributed by atoms with Crippen LogP contribution in [0.4, 0.5) is 4.79 Å². The number of amides is 3. The van der Waals surface area contributed by atoms with Crippen LogP contribution >= 0.6 is 15.9 Å². The van der Waals surface area contributed by atoms with Gasteiger partial charge >= 0.3 is 6.03 Å². The average Bonchev–Trinajstić information content (AvgIpc) is 2.52. The molecule has 1 fully saturated rings. The molecule has 0 bridgehead atoms. The summed E-state index contributed by atoms with van der Waals surface area (Å²) in [7, 11) is 3.54. The standard InChI is InChI=1S/C16H22BrN3O2/c1-19(2)16(22)20-9-7-12(8-10-20)11-18-15(21)13-5-3-4-6-14(13)17/h3-6,12H,7-11H2,1-2H3,(H,18,21). The van der Waals surface area contributed by atoms with Crippen molar-refractivity contribution >= 4 is 27.9 Å². The molecule has 1 heterocycles. The maximum absolute atomic E-state index is 12.2. The third-order valence-electron chi connectivity index (χ3n) is 3.94. The van der Waals surface area contributed by atoms with Gasteiger partial charge in [0, 0.05) is 38.2 Å². The molecule has 120 valence electrons. The van der Waals surface area contributed by atoms with Gasteiger partial charge in [-0.1, -0.05) is 12.1 Å². The van der Waals surface area contributed by atoms with Crippen LogP contribution in [0.1, 0.15) is 23.2 Å². The number of nitrogens with zero attached hydrogens (tertiary/aromatic N) is 2. The molecule has 0 atom stereocenters. The van der Waals surface area contributed by atoms with Crippen LogP contribution in [0.25, 0.3) is 0 Å². The number of carbonyl (C=O) groups excluding carboxylic acids is 2. The van der Waals surface area contributed by atoms with Gasteiger partial charge in [-0.3, -0.25) is 4.79 Å². The molecule has 1 aliphatic rings. The van der Waals surface area contributed by atoms with Crippen LogP contribution in [0.15, 0.2) is 28.7 Å². The molecule has 1 N–H and O–H groups in total. The molecule has 0 spiro atoms. The van der Waals surface area contributed by atoms with Crippen molar-refractivity contribution in [1.82, 2.24) is 15.1 Å². The molecular weight excluding hydrogens is 346 g/mol. The minimum absolute atomic E-state index is 0.0562. The summed E-state index contributed by atoms with van der Waals surface area (Å²) in [6.07, 6.45) is 1.85. The highest BCUT2D eigenvalue weighted by Crippen LogP contribution is 2.19. The smallest absolute Gasteiger partial charge is 0.319 e. The summed E-state index contributed by atoms with van der Waals surface area (Å²) >= 11 is 3.39. The Morgan fingerprint density at radius 2 is 1.91 bits per heavy atom. The van der Waals surface area contributed by atoms with Gasteiger partial charge in [0.15, 0.2) is 0 Å². The van der Waals surface area contributed by atoms with Crippen molar-refractivity contribution < 1.29 is 9.59 Å². The van der Waals surface area contributed by atoms with E-state index in [0.29, 0.717) is 18.0 Å². The summed E-state index contributed by atoms with van der Waals surface area (Å²) in [4.78, 5) is 27.5. The highest BCUT2D eigenvalue weighted by atomic mass is 79.9. The van der Waals surface area contributed by atoms with Crippen LogP contribution in [-0.4, -0.2) is 55.5 Å². The lowest BCUT2D eigenvalue weighted by molar-refractivity contribution is 0.0934. The number of piperidine rings is 1. The van der Waals surface area contributed by atoms with Crippen LogP contribution in [0.5, 0.6) is 0 Å². The van der Waals surface area contributed by atoms with Crippen molar-refractivity contribution in [2.45, 2.75) is 12.8 Å². The van der Waals surface area contributed by atoms with Gasteiger partial charge < -0.3 is 15.1 Å². The molecule has 22 heavy (non-hydrogen) atoms. The Bertz CT molecular complexity index is 540. The Balaban J connectivity index is 1.79. The van der Waals surface area contributed by atoms with E-state index in [0.717, 1.165) is 30.4 Å². The summed E-state index contributed by atoms with van der Waals surface area (Å²) < 4.78 is 0.805. The van der Waals surface area contributed by atoms with E-state index in [1.807, 2.05) is 23.1 Å². The van der Waals surface area contributed by atoms with Crippen molar-refractivity contribution in [1.29, 1.82) is 0 Å². The van der Waals surface area contributed by atoms with Gasteiger partial charge in [-0.05, 0) is 46.8 Å². The Morgan fingerprint density at radius 3 is 2.50 bits per heavy atom. The summed E-state index contributed by atoms with van der Waals surface area (Å²) in [5.74, 6) is 0.372. The number of benzene rings is 1. The SMILES string of the molecule is CN(C)C(=O)N1CCC(CNC(=O)c2ccccc2Br)CC1. The number of nitrogens with one attached hydrogen (secondary N) is 1. The normalized spacial score (nSPS) is 15.5. The first-order valence-corrected chi connectivity index (χ1v) is 8.27. The Morgan fingerprint density at radius 1 is 1.27 bits per heavy atom. The van der Waals surface area contributed by atoms with Crippen molar-refractivity contribution in [3.63, 3.8) is 0 Å². The number of urea groups is 1. The molecule has 1 aromatic rings. The van der Waals surface area contributed by atoms with E-state index in [1.54, 1.807) is 25.1 Å². The van der Waals surface area contributed by atoms with E-state index in [4.69, 9.17) is 0 Å².